The lowest BCUT2D eigenvalue weighted by molar-refractivity contribution is -0.305. The Morgan fingerprint density at radius 2 is 1.86 bits per heavy atom. The van der Waals surface area contributed by atoms with Crippen LogP contribution in [0.2, 0.25) is 0 Å². The molecule has 3 heteroatoms. The molecule has 1 aromatic carbocycles. The highest BCUT2D eigenvalue weighted by Gasteiger charge is 1.94. The molecule has 0 aliphatic rings. The number of carbonyl (C=O) groups is 1. The van der Waals surface area contributed by atoms with Crippen molar-refractivity contribution in [2.75, 3.05) is 0 Å². The van der Waals surface area contributed by atoms with Gasteiger partial charge < -0.3 is 9.90 Å². The van der Waals surface area contributed by atoms with E-state index in [1.54, 1.807) is 12.1 Å². The number of rotatable bonds is 5. The van der Waals surface area contributed by atoms with E-state index < -0.39 is 5.97 Å². The number of unbranched alkanes of at least 4 members (excludes halogenated alkanes) is 1. The summed E-state index contributed by atoms with van der Waals surface area (Å²) in [7, 11) is 0. The van der Waals surface area contributed by atoms with Crippen LogP contribution in [0, 0.1) is 5.82 Å². The van der Waals surface area contributed by atoms with Gasteiger partial charge in [0.25, 0.3) is 0 Å². The minimum absolute atomic E-state index is 0.0984. The molecular weight excluding hydrogens is 183 g/mol. The molecular formula is C11H12FO2-. The van der Waals surface area contributed by atoms with Gasteiger partial charge in [0.2, 0.25) is 0 Å². The predicted octanol–water partition coefficient (Wildman–Crippen LogP) is 1.29. The maximum absolute atomic E-state index is 12.5. The molecule has 0 heterocycles. The summed E-state index contributed by atoms with van der Waals surface area (Å²) in [6.45, 7) is 0. The van der Waals surface area contributed by atoms with E-state index in [4.69, 9.17) is 0 Å². The Kier molecular flexibility index (Phi) is 4.11. The zero-order valence-corrected chi connectivity index (χ0v) is 7.83. The van der Waals surface area contributed by atoms with E-state index in [0.717, 1.165) is 18.4 Å². The molecule has 0 amide bonds. The van der Waals surface area contributed by atoms with Crippen LogP contribution in [-0.4, -0.2) is 5.97 Å². The number of carboxylic acids is 1. The third-order valence-corrected chi connectivity index (χ3v) is 2.01. The molecule has 0 saturated heterocycles. The summed E-state index contributed by atoms with van der Waals surface area (Å²) < 4.78 is 12.5. The van der Waals surface area contributed by atoms with Crippen molar-refractivity contribution in [3.8, 4) is 0 Å². The van der Waals surface area contributed by atoms with Crippen molar-refractivity contribution in [3.63, 3.8) is 0 Å². The van der Waals surface area contributed by atoms with Crippen LogP contribution >= 0.6 is 0 Å². The molecule has 0 fully saturated rings. The molecule has 0 bridgehead atoms. The second-order valence-electron chi connectivity index (χ2n) is 3.21. The molecule has 76 valence electrons. The summed E-state index contributed by atoms with van der Waals surface area (Å²) in [4.78, 5) is 10.1. The highest BCUT2D eigenvalue weighted by molar-refractivity contribution is 5.64. The van der Waals surface area contributed by atoms with Crippen LogP contribution in [0.4, 0.5) is 4.39 Å². The molecule has 1 rings (SSSR count). The first-order valence-corrected chi connectivity index (χ1v) is 4.63. The van der Waals surface area contributed by atoms with Crippen LogP contribution in [0.3, 0.4) is 0 Å². The van der Waals surface area contributed by atoms with Gasteiger partial charge in [-0.25, -0.2) is 4.39 Å². The van der Waals surface area contributed by atoms with Crippen molar-refractivity contribution in [2.45, 2.75) is 25.7 Å². The molecule has 1 aromatic rings. The SMILES string of the molecule is O=C([O-])CCCCc1ccc(F)cc1. The Balaban J connectivity index is 2.25. The number of halogens is 1. The molecule has 0 aliphatic heterocycles. The summed E-state index contributed by atoms with van der Waals surface area (Å²) in [5, 5.41) is 10.1. The number of benzene rings is 1. The Hall–Kier alpha value is -1.38. The topological polar surface area (TPSA) is 40.1 Å². The molecule has 0 radical (unpaired) electrons. The number of hydrogen-bond acceptors (Lipinski definition) is 2. The van der Waals surface area contributed by atoms with Crippen LogP contribution < -0.4 is 5.11 Å². The average Bonchev–Trinajstić information content (AvgIpc) is 2.15. The normalized spacial score (nSPS) is 10.1. The van der Waals surface area contributed by atoms with E-state index in [1.807, 2.05) is 0 Å². The molecule has 2 nitrogen and oxygen atoms in total. The van der Waals surface area contributed by atoms with Crippen molar-refractivity contribution in [2.24, 2.45) is 0 Å². The van der Waals surface area contributed by atoms with Crippen molar-refractivity contribution >= 4 is 5.97 Å². The lowest BCUT2D eigenvalue weighted by Gasteiger charge is -2.02. The fourth-order valence-corrected chi connectivity index (χ4v) is 1.25. The van der Waals surface area contributed by atoms with Gasteiger partial charge in [-0.05, 0) is 43.4 Å². The molecule has 0 saturated carbocycles. The monoisotopic (exact) mass is 195 g/mol. The van der Waals surface area contributed by atoms with Crippen molar-refractivity contribution < 1.29 is 14.3 Å². The molecule has 14 heavy (non-hydrogen) atoms. The molecule has 0 N–H and O–H groups in total. The number of hydrogen-bond donors (Lipinski definition) is 0. The first kappa shape index (κ1) is 10.7. The number of carboxylic acid groups (broad SMARTS) is 1. The van der Waals surface area contributed by atoms with Crippen LogP contribution in [-0.2, 0) is 11.2 Å². The van der Waals surface area contributed by atoms with E-state index in [9.17, 15) is 14.3 Å². The summed E-state index contributed by atoms with van der Waals surface area (Å²) in [6.07, 6.45) is 2.29. The highest BCUT2D eigenvalue weighted by atomic mass is 19.1. The third kappa shape index (κ3) is 4.03. The fourth-order valence-electron chi connectivity index (χ4n) is 1.25. The fraction of sp³-hybridized carbons (Fsp3) is 0.364. The number of carbonyl (C=O) groups excluding carboxylic acids is 1. The molecule has 0 aromatic heterocycles. The smallest absolute Gasteiger partial charge is 0.123 e. The Morgan fingerprint density at radius 3 is 2.43 bits per heavy atom. The van der Waals surface area contributed by atoms with E-state index in [2.05, 4.69) is 0 Å². The van der Waals surface area contributed by atoms with Gasteiger partial charge in [-0.15, -0.1) is 0 Å². The third-order valence-electron chi connectivity index (χ3n) is 2.01. The quantitative estimate of drug-likeness (QED) is 0.664. The molecule has 0 aliphatic carbocycles. The van der Waals surface area contributed by atoms with Gasteiger partial charge in [0.05, 0.1) is 0 Å². The Morgan fingerprint density at radius 1 is 1.21 bits per heavy atom. The average molecular weight is 195 g/mol. The van der Waals surface area contributed by atoms with Crippen LogP contribution in [0.25, 0.3) is 0 Å². The van der Waals surface area contributed by atoms with E-state index in [0.29, 0.717) is 6.42 Å². The number of aliphatic carboxylic acids is 1. The zero-order chi connectivity index (χ0) is 10.4. The van der Waals surface area contributed by atoms with Crippen LogP contribution in [0.15, 0.2) is 24.3 Å². The summed E-state index contributed by atoms with van der Waals surface area (Å²) >= 11 is 0. The summed E-state index contributed by atoms with van der Waals surface area (Å²) in [5.74, 6) is -1.26. The van der Waals surface area contributed by atoms with Crippen molar-refractivity contribution in [3.05, 3.63) is 35.6 Å². The van der Waals surface area contributed by atoms with E-state index in [1.165, 1.54) is 12.1 Å². The number of aryl methyl sites for hydroxylation is 1. The lowest BCUT2D eigenvalue weighted by Crippen LogP contribution is -2.21. The Labute approximate surface area is 82.4 Å². The van der Waals surface area contributed by atoms with Crippen molar-refractivity contribution in [1.82, 2.24) is 0 Å². The zero-order valence-electron chi connectivity index (χ0n) is 7.83. The summed E-state index contributed by atoms with van der Waals surface area (Å²) in [5.41, 5.74) is 1.03. The van der Waals surface area contributed by atoms with Crippen molar-refractivity contribution in [1.29, 1.82) is 0 Å². The second-order valence-corrected chi connectivity index (χ2v) is 3.21. The van der Waals surface area contributed by atoms with Gasteiger partial charge in [-0.3, -0.25) is 0 Å². The maximum Gasteiger partial charge on any atom is 0.123 e. The van der Waals surface area contributed by atoms with Gasteiger partial charge in [0.15, 0.2) is 0 Å². The van der Waals surface area contributed by atoms with E-state index >= 15 is 0 Å². The first-order valence-electron chi connectivity index (χ1n) is 4.63. The first-order chi connectivity index (χ1) is 6.68. The van der Waals surface area contributed by atoms with Gasteiger partial charge in [0.1, 0.15) is 5.82 Å². The van der Waals surface area contributed by atoms with Gasteiger partial charge in [-0.2, -0.15) is 0 Å². The largest absolute Gasteiger partial charge is 0.550 e. The molecule has 0 unspecified atom stereocenters. The predicted molar refractivity (Wildman–Crippen MR) is 49.0 cm³/mol. The lowest BCUT2D eigenvalue weighted by atomic mass is 10.1. The van der Waals surface area contributed by atoms with Gasteiger partial charge >= 0.3 is 0 Å². The van der Waals surface area contributed by atoms with Crippen LogP contribution in [0.5, 0.6) is 0 Å². The van der Waals surface area contributed by atoms with Crippen LogP contribution in [0.1, 0.15) is 24.8 Å². The minimum atomic E-state index is -1.01. The highest BCUT2D eigenvalue weighted by Crippen LogP contribution is 2.07. The van der Waals surface area contributed by atoms with Gasteiger partial charge in [0, 0.05) is 5.97 Å². The second kappa shape index (κ2) is 5.37. The Bertz CT molecular complexity index is 293. The molecule has 0 spiro atoms. The maximum atomic E-state index is 12.5. The standard InChI is InChI=1S/C11H13FO2/c12-10-7-5-9(6-8-10)3-1-2-4-11(13)14/h5-8H,1-4H2,(H,13,14)/p-1. The van der Waals surface area contributed by atoms with E-state index in [-0.39, 0.29) is 12.2 Å². The minimum Gasteiger partial charge on any atom is -0.550 e. The summed E-state index contributed by atoms with van der Waals surface area (Å²) in [6, 6.07) is 6.25. The molecule has 0 atom stereocenters. The van der Waals surface area contributed by atoms with Gasteiger partial charge in [-0.1, -0.05) is 12.1 Å².